The summed E-state index contributed by atoms with van der Waals surface area (Å²) in [5.74, 6) is -0.0258. The molecule has 0 radical (unpaired) electrons. The lowest BCUT2D eigenvalue weighted by Gasteiger charge is -2.24. The minimum Gasteiger partial charge on any atom is -0.497 e. The standard InChI is InChI=1S/C26H24N2O5S2/c1-17-14-21(23-7-5-13-34-23)24(22(15-17)26(29)33-3)28-25(18-6-4-12-27-16-18)35(30,31)20-10-8-19(32-2)9-11-20/h4-16,25,28H,1-3H3. The molecule has 4 rings (SSSR count). The summed E-state index contributed by atoms with van der Waals surface area (Å²) in [7, 11) is -1.16. The Morgan fingerprint density at radius 3 is 2.43 bits per heavy atom. The normalized spacial score (nSPS) is 12.1. The van der Waals surface area contributed by atoms with Crippen LogP contribution in [0.1, 0.15) is 26.9 Å². The Morgan fingerprint density at radius 2 is 1.83 bits per heavy atom. The molecule has 35 heavy (non-hydrogen) atoms. The van der Waals surface area contributed by atoms with Gasteiger partial charge in [-0.15, -0.1) is 11.3 Å². The molecule has 2 aromatic carbocycles. The number of sulfone groups is 1. The minimum atomic E-state index is -3.98. The van der Waals surface area contributed by atoms with Gasteiger partial charge in [0.15, 0.2) is 5.37 Å². The molecular weight excluding hydrogens is 484 g/mol. The number of thiophene rings is 1. The zero-order valence-corrected chi connectivity index (χ0v) is 21.0. The summed E-state index contributed by atoms with van der Waals surface area (Å²) in [5.41, 5.74) is 2.59. The summed E-state index contributed by atoms with van der Waals surface area (Å²) < 4.78 is 38.0. The number of carbonyl (C=O) groups excluding carboxylic acids is 1. The van der Waals surface area contributed by atoms with Gasteiger partial charge in [0.05, 0.1) is 30.4 Å². The van der Waals surface area contributed by atoms with Gasteiger partial charge < -0.3 is 14.8 Å². The van der Waals surface area contributed by atoms with Gasteiger partial charge in [0.2, 0.25) is 9.84 Å². The molecule has 0 saturated heterocycles. The van der Waals surface area contributed by atoms with Gasteiger partial charge in [-0.05, 0) is 66.4 Å². The number of ether oxygens (including phenoxy) is 2. The first-order chi connectivity index (χ1) is 16.8. The summed E-state index contributed by atoms with van der Waals surface area (Å²) in [5, 5.41) is 3.87. The van der Waals surface area contributed by atoms with Crippen LogP contribution in [0.3, 0.4) is 0 Å². The number of nitrogens with zero attached hydrogens (tertiary/aromatic N) is 1. The van der Waals surface area contributed by atoms with Crippen molar-refractivity contribution in [2.24, 2.45) is 0 Å². The third-order valence-electron chi connectivity index (χ3n) is 5.44. The van der Waals surface area contributed by atoms with Crippen LogP contribution < -0.4 is 10.1 Å². The van der Waals surface area contributed by atoms with E-state index in [0.717, 1.165) is 10.4 Å². The molecule has 1 atom stereocenters. The van der Waals surface area contributed by atoms with Crippen LogP contribution in [0, 0.1) is 6.92 Å². The molecule has 0 spiro atoms. The monoisotopic (exact) mass is 508 g/mol. The van der Waals surface area contributed by atoms with E-state index < -0.39 is 21.2 Å². The van der Waals surface area contributed by atoms with Crippen molar-refractivity contribution in [2.45, 2.75) is 17.2 Å². The predicted octanol–water partition coefficient (Wildman–Crippen LogP) is 5.50. The number of esters is 1. The summed E-state index contributed by atoms with van der Waals surface area (Å²) in [4.78, 5) is 17.9. The number of rotatable bonds is 8. The molecule has 9 heteroatoms. The lowest BCUT2D eigenvalue weighted by Crippen LogP contribution is -2.24. The smallest absolute Gasteiger partial charge is 0.339 e. The molecule has 7 nitrogen and oxygen atoms in total. The fourth-order valence-corrected chi connectivity index (χ4v) is 6.05. The zero-order valence-electron chi connectivity index (χ0n) is 19.4. The summed E-state index contributed by atoms with van der Waals surface area (Å²) in [6.45, 7) is 1.88. The number of pyridine rings is 1. The van der Waals surface area contributed by atoms with E-state index in [0.29, 0.717) is 22.6 Å². The SMILES string of the molecule is COC(=O)c1cc(C)cc(-c2cccs2)c1NC(c1cccnc1)S(=O)(=O)c1ccc(OC)cc1. The molecule has 4 aromatic rings. The van der Waals surface area contributed by atoms with E-state index >= 15 is 0 Å². The molecule has 0 aliphatic heterocycles. The van der Waals surface area contributed by atoms with Crippen molar-refractivity contribution < 1.29 is 22.7 Å². The van der Waals surface area contributed by atoms with Crippen molar-refractivity contribution >= 4 is 32.8 Å². The van der Waals surface area contributed by atoms with Crippen molar-refractivity contribution in [2.75, 3.05) is 19.5 Å². The number of carbonyl (C=O) groups is 1. The Balaban J connectivity index is 1.92. The molecule has 1 unspecified atom stereocenters. The highest BCUT2D eigenvalue weighted by Gasteiger charge is 2.32. The Morgan fingerprint density at radius 1 is 1.06 bits per heavy atom. The average Bonchev–Trinajstić information content (AvgIpc) is 3.42. The summed E-state index contributed by atoms with van der Waals surface area (Å²) >= 11 is 1.49. The van der Waals surface area contributed by atoms with Crippen molar-refractivity contribution in [3.05, 3.63) is 95.1 Å². The van der Waals surface area contributed by atoms with Crippen molar-refractivity contribution in [1.82, 2.24) is 4.98 Å². The van der Waals surface area contributed by atoms with Gasteiger partial charge in [-0.3, -0.25) is 4.98 Å². The molecule has 0 aliphatic rings. The Kier molecular flexibility index (Phi) is 7.18. The highest BCUT2D eigenvalue weighted by molar-refractivity contribution is 7.91. The lowest BCUT2D eigenvalue weighted by molar-refractivity contribution is 0.0601. The number of hydrogen-bond acceptors (Lipinski definition) is 8. The first kappa shape index (κ1) is 24.4. The molecular formula is C26H24N2O5S2. The zero-order chi connectivity index (χ0) is 25.0. The molecule has 0 amide bonds. The highest BCUT2D eigenvalue weighted by atomic mass is 32.2. The number of aromatic nitrogens is 1. The average molecular weight is 509 g/mol. The highest BCUT2D eigenvalue weighted by Crippen LogP contribution is 2.40. The Labute approximate surface area is 208 Å². The van der Waals surface area contributed by atoms with Crippen LogP contribution in [-0.2, 0) is 14.6 Å². The van der Waals surface area contributed by atoms with Crippen molar-refractivity contribution in [1.29, 1.82) is 0 Å². The summed E-state index contributed by atoms with van der Waals surface area (Å²) in [6.07, 6.45) is 3.07. The maximum atomic E-state index is 13.9. The van der Waals surface area contributed by atoms with Gasteiger partial charge in [-0.2, -0.15) is 0 Å². The third-order valence-corrected chi connectivity index (χ3v) is 8.28. The second-order valence-electron chi connectivity index (χ2n) is 7.74. The lowest BCUT2D eigenvalue weighted by atomic mass is 10.0. The molecule has 0 aliphatic carbocycles. The maximum absolute atomic E-state index is 13.9. The van der Waals surface area contributed by atoms with Crippen LogP contribution in [-0.4, -0.2) is 33.6 Å². The van der Waals surface area contributed by atoms with E-state index in [1.807, 2.05) is 30.5 Å². The molecule has 2 aromatic heterocycles. The first-order valence-electron chi connectivity index (χ1n) is 10.7. The number of aryl methyl sites for hydroxylation is 1. The first-order valence-corrected chi connectivity index (χ1v) is 13.1. The van der Waals surface area contributed by atoms with Crippen LogP contribution in [0.4, 0.5) is 5.69 Å². The maximum Gasteiger partial charge on any atom is 0.339 e. The topological polar surface area (TPSA) is 94.6 Å². The molecule has 0 bridgehead atoms. The van der Waals surface area contributed by atoms with E-state index in [-0.39, 0.29) is 10.5 Å². The van der Waals surface area contributed by atoms with E-state index in [2.05, 4.69) is 10.3 Å². The van der Waals surface area contributed by atoms with Crippen LogP contribution in [0.5, 0.6) is 5.75 Å². The third kappa shape index (κ3) is 5.06. The number of hydrogen-bond donors (Lipinski definition) is 1. The molecule has 180 valence electrons. The Bertz CT molecular complexity index is 1420. The van der Waals surface area contributed by atoms with E-state index in [4.69, 9.17) is 9.47 Å². The number of methoxy groups -OCH3 is 2. The minimum absolute atomic E-state index is 0.101. The number of nitrogens with one attached hydrogen (secondary N) is 1. The Hall–Kier alpha value is -3.69. The van der Waals surface area contributed by atoms with Crippen molar-refractivity contribution in [3.8, 4) is 16.2 Å². The molecule has 0 saturated carbocycles. The van der Waals surface area contributed by atoms with Crippen LogP contribution in [0.15, 0.2) is 83.3 Å². The van der Waals surface area contributed by atoms with Gasteiger partial charge >= 0.3 is 5.97 Å². The fraction of sp³-hybridized carbons (Fsp3) is 0.154. The van der Waals surface area contributed by atoms with Gasteiger partial charge in [0.1, 0.15) is 5.75 Å². The van der Waals surface area contributed by atoms with Crippen LogP contribution in [0.25, 0.3) is 10.4 Å². The van der Waals surface area contributed by atoms with Gasteiger partial charge in [-0.1, -0.05) is 12.1 Å². The second-order valence-corrected chi connectivity index (χ2v) is 10.7. The number of anilines is 1. The van der Waals surface area contributed by atoms with E-state index in [1.54, 1.807) is 36.5 Å². The van der Waals surface area contributed by atoms with Gasteiger partial charge in [0, 0.05) is 28.4 Å². The second kappa shape index (κ2) is 10.3. The molecule has 0 fully saturated rings. The largest absolute Gasteiger partial charge is 0.497 e. The van der Waals surface area contributed by atoms with Crippen LogP contribution >= 0.6 is 11.3 Å². The van der Waals surface area contributed by atoms with Gasteiger partial charge in [0.25, 0.3) is 0 Å². The van der Waals surface area contributed by atoms with Crippen LogP contribution in [0.2, 0.25) is 0 Å². The predicted molar refractivity (Wildman–Crippen MR) is 137 cm³/mol. The van der Waals surface area contributed by atoms with E-state index in [1.165, 1.54) is 43.9 Å². The molecule has 1 N–H and O–H groups in total. The fourth-order valence-electron chi connectivity index (χ4n) is 3.74. The molecule has 2 heterocycles. The van der Waals surface area contributed by atoms with Gasteiger partial charge in [-0.25, -0.2) is 13.2 Å². The summed E-state index contributed by atoms with van der Waals surface area (Å²) in [6, 6.07) is 17.0. The quantitative estimate of drug-likeness (QED) is 0.314. The van der Waals surface area contributed by atoms with Crippen molar-refractivity contribution in [3.63, 3.8) is 0 Å². The number of benzene rings is 2. The van der Waals surface area contributed by atoms with E-state index in [9.17, 15) is 13.2 Å².